The van der Waals surface area contributed by atoms with Crippen molar-refractivity contribution in [1.29, 1.82) is 0 Å². The first-order valence-electron chi connectivity index (χ1n) is 7.72. The first-order chi connectivity index (χ1) is 9.95. The Labute approximate surface area is 126 Å². The highest BCUT2D eigenvalue weighted by Gasteiger charge is 2.34. The fourth-order valence-corrected chi connectivity index (χ4v) is 3.25. The van der Waals surface area contributed by atoms with Crippen LogP contribution in [0.4, 0.5) is 10.6 Å². The van der Waals surface area contributed by atoms with E-state index in [1.165, 1.54) is 0 Å². The number of urea groups is 1. The Hall–Kier alpha value is -1.62. The van der Waals surface area contributed by atoms with Crippen LogP contribution in [0.1, 0.15) is 39.2 Å². The predicted molar refractivity (Wildman–Crippen MR) is 83.1 cm³/mol. The zero-order chi connectivity index (χ0) is 15.0. The highest BCUT2D eigenvalue weighted by atomic mass is 16.2. The number of likely N-dealkylation sites (tertiary alicyclic amines) is 1. The van der Waals surface area contributed by atoms with E-state index in [1.807, 2.05) is 17.0 Å². The second-order valence-electron chi connectivity index (χ2n) is 6.96. The van der Waals surface area contributed by atoms with Crippen LogP contribution in [0.15, 0.2) is 18.3 Å². The quantitative estimate of drug-likeness (QED) is 0.864. The van der Waals surface area contributed by atoms with E-state index in [-0.39, 0.29) is 11.6 Å². The maximum Gasteiger partial charge on any atom is 0.323 e. The van der Waals surface area contributed by atoms with Crippen LogP contribution in [0, 0.1) is 0 Å². The van der Waals surface area contributed by atoms with Crippen molar-refractivity contribution in [3.63, 3.8) is 0 Å². The Morgan fingerprint density at radius 3 is 2.67 bits per heavy atom. The molecule has 1 saturated heterocycles. The van der Waals surface area contributed by atoms with E-state index in [0.29, 0.717) is 18.4 Å². The van der Waals surface area contributed by atoms with Gasteiger partial charge in [0.25, 0.3) is 0 Å². The first kappa shape index (κ1) is 14.3. The summed E-state index contributed by atoms with van der Waals surface area (Å²) in [6, 6.07) is 4.29. The minimum Gasteiger partial charge on any atom is -0.317 e. The molecule has 3 rings (SSSR count). The Morgan fingerprint density at radius 2 is 2.00 bits per heavy atom. The van der Waals surface area contributed by atoms with E-state index in [4.69, 9.17) is 0 Å². The topological polar surface area (TPSA) is 48.5 Å². The lowest BCUT2D eigenvalue weighted by Crippen LogP contribution is -2.53. The molecule has 2 aliphatic rings. The molecule has 1 fully saturated rings. The number of anilines is 1. The minimum absolute atomic E-state index is 0.00425. The van der Waals surface area contributed by atoms with Gasteiger partial charge in [-0.15, -0.1) is 0 Å². The highest BCUT2D eigenvalue weighted by Crippen LogP contribution is 2.28. The lowest BCUT2D eigenvalue weighted by Gasteiger charge is -2.44. The molecule has 0 spiro atoms. The molecule has 1 aromatic rings. The standard InChI is InChI=1S/C16H24N4O/c1-16(2,3)19-9-6-13(7-10-19)20-11-12-5-4-8-17-14(12)18-15(20)21/h4-5,8,13H,6-7,9-11H2,1-3H3,(H,17,18,21). The molecule has 0 atom stereocenters. The van der Waals surface area contributed by atoms with Crippen LogP contribution in [-0.2, 0) is 6.54 Å². The molecule has 0 radical (unpaired) electrons. The van der Waals surface area contributed by atoms with Crippen molar-refractivity contribution in [1.82, 2.24) is 14.8 Å². The van der Waals surface area contributed by atoms with Gasteiger partial charge in [-0.05, 0) is 39.7 Å². The first-order valence-corrected chi connectivity index (χ1v) is 7.72. The average Bonchev–Trinajstić information content (AvgIpc) is 2.46. The van der Waals surface area contributed by atoms with Gasteiger partial charge in [-0.3, -0.25) is 10.2 Å². The normalized spacial score (nSPS) is 21.1. The Balaban J connectivity index is 1.68. The third kappa shape index (κ3) is 2.88. The van der Waals surface area contributed by atoms with E-state index in [1.54, 1.807) is 6.20 Å². The fraction of sp³-hybridized carbons (Fsp3) is 0.625. The molecule has 0 unspecified atom stereocenters. The number of amides is 2. The van der Waals surface area contributed by atoms with E-state index in [0.717, 1.165) is 31.5 Å². The Bertz CT molecular complexity index is 529. The smallest absolute Gasteiger partial charge is 0.317 e. The summed E-state index contributed by atoms with van der Waals surface area (Å²) in [7, 11) is 0. The van der Waals surface area contributed by atoms with Crippen LogP contribution in [-0.4, -0.2) is 45.5 Å². The maximum absolute atomic E-state index is 12.3. The van der Waals surface area contributed by atoms with Crippen LogP contribution >= 0.6 is 0 Å². The van der Waals surface area contributed by atoms with Crippen LogP contribution in [0.5, 0.6) is 0 Å². The van der Waals surface area contributed by atoms with E-state index < -0.39 is 0 Å². The number of carbonyl (C=O) groups is 1. The molecule has 3 heterocycles. The lowest BCUT2D eigenvalue weighted by atomic mass is 9.96. The van der Waals surface area contributed by atoms with Gasteiger partial charge in [0.05, 0.1) is 6.54 Å². The molecule has 0 aliphatic carbocycles. The average molecular weight is 288 g/mol. The number of nitrogens with zero attached hydrogens (tertiary/aromatic N) is 3. The maximum atomic E-state index is 12.3. The van der Waals surface area contributed by atoms with Gasteiger partial charge in [-0.1, -0.05) is 6.07 Å². The number of nitrogens with one attached hydrogen (secondary N) is 1. The molecule has 2 aliphatic heterocycles. The highest BCUT2D eigenvalue weighted by molar-refractivity contribution is 5.91. The summed E-state index contributed by atoms with van der Waals surface area (Å²) < 4.78 is 0. The summed E-state index contributed by atoms with van der Waals surface area (Å²) in [6.07, 6.45) is 3.80. The zero-order valence-corrected chi connectivity index (χ0v) is 13.1. The van der Waals surface area contributed by atoms with Crippen molar-refractivity contribution < 1.29 is 4.79 Å². The fourth-order valence-electron chi connectivity index (χ4n) is 3.25. The van der Waals surface area contributed by atoms with Gasteiger partial charge in [0, 0.05) is 36.4 Å². The van der Waals surface area contributed by atoms with Gasteiger partial charge >= 0.3 is 6.03 Å². The van der Waals surface area contributed by atoms with Crippen molar-refractivity contribution >= 4 is 11.8 Å². The number of hydrogen-bond acceptors (Lipinski definition) is 3. The zero-order valence-electron chi connectivity index (χ0n) is 13.1. The van der Waals surface area contributed by atoms with Crippen LogP contribution in [0.3, 0.4) is 0 Å². The summed E-state index contributed by atoms with van der Waals surface area (Å²) >= 11 is 0. The molecule has 0 saturated carbocycles. The largest absolute Gasteiger partial charge is 0.323 e. The molecule has 114 valence electrons. The second-order valence-corrected chi connectivity index (χ2v) is 6.96. The van der Waals surface area contributed by atoms with Crippen molar-refractivity contribution in [2.24, 2.45) is 0 Å². The predicted octanol–water partition coefficient (Wildman–Crippen LogP) is 2.69. The van der Waals surface area contributed by atoms with Gasteiger partial charge in [0.15, 0.2) is 0 Å². The molecule has 1 N–H and O–H groups in total. The number of pyridine rings is 1. The van der Waals surface area contributed by atoms with Crippen LogP contribution < -0.4 is 5.32 Å². The number of piperidine rings is 1. The van der Waals surface area contributed by atoms with Crippen LogP contribution in [0.2, 0.25) is 0 Å². The van der Waals surface area contributed by atoms with Crippen molar-refractivity contribution in [2.45, 2.75) is 51.7 Å². The summed E-state index contributed by atoms with van der Waals surface area (Å²) in [4.78, 5) is 21.0. The van der Waals surface area contributed by atoms with Gasteiger partial charge in [-0.25, -0.2) is 9.78 Å². The third-order valence-electron chi connectivity index (χ3n) is 4.57. The molecular weight excluding hydrogens is 264 g/mol. The van der Waals surface area contributed by atoms with Gasteiger partial charge in [-0.2, -0.15) is 0 Å². The Kier molecular flexibility index (Phi) is 3.61. The monoisotopic (exact) mass is 288 g/mol. The number of fused-ring (bicyclic) bond motifs is 1. The molecule has 2 amide bonds. The van der Waals surface area contributed by atoms with Crippen LogP contribution in [0.25, 0.3) is 0 Å². The summed E-state index contributed by atoms with van der Waals surface area (Å²) in [5, 5.41) is 2.91. The molecular formula is C16H24N4O. The van der Waals surface area contributed by atoms with Gasteiger partial charge in [0.1, 0.15) is 5.82 Å². The van der Waals surface area contributed by atoms with E-state index >= 15 is 0 Å². The van der Waals surface area contributed by atoms with Gasteiger partial charge < -0.3 is 4.90 Å². The SMILES string of the molecule is CC(C)(C)N1CCC(N2Cc3cccnc3NC2=O)CC1. The van der Waals surface area contributed by atoms with E-state index in [9.17, 15) is 4.79 Å². The molecule has 1 aromatic heterocycles. The lowest BCUT2D eigenvalue weighted by molar-refractivity contribution is 0.0667. The number of rotatable bonds is 1. The number of aromatic nitrogens is 1. The minimum atomic E-state index is -0.00425. The van der Waals surface area contributed by atoms with Crippen molar-refractivity contribution in [3.05, 3.63) is 23.9 Å². The second kappa shape index (κ2) is 5.30. The Morgan fingerprint density at radius 1 is 1.29 bits per heavy atom. The molecule has 0 aromatic carbocycles. The summed E-state index contributed by atoms with van der Waals surface area (Å²) in [6.45, 7) is 9.54. The van der Waals surface area contributed by atoms with Crippen molar-refractivity contribution in [3.8, 4) is 0 Å². The van der Waals surface area contributed by atoms with Gasteiger partial charge in [0.2, 0.25) is 0 Å². The molecule has 21 heavy (non-hydrogen) atoms. The van der Waals surface area contributed by atoms with E-state index in [2.05, 4.69) is 36.0 Å². The summed E-state index contributed by atoms with van der Waals surface area (Å²) in [5.74, 6) is 0.714. The molecule has 5 nitrogen and oxygen atoms in total. The number of carbonyl (C=O) groups excluding carboxylic acids is 1. The molecule has 0 bridgehead atoms. The third-order valence-corrected chi connectivity index (χ3v) is 4.57. The summed E-state index contributed by atoms with van der Waals surface area (Å²) in [5.41, 5.74) is 1.32. The van der Waals surface area contributed by atoms with Crippen molar-refractivity contribution in [2.75, 3.05) is 18.4 Å². The molecule has 5 heteroatoms. The number of hydrogen-bond donors (Lipinski definition) is 1.